The summed E-state index contributed by atoms with van der Waals surface area (Å²) < 4.78 is 39.1. The number of halogens is 2. The number of amides is 1. The van der Waals surface area contributed by atoms with Gasteiger partial charge in [0, 0.05) is 29.2 Å². The van der Waals surface area contributed by atoms with Crippen molar-refractivity contribution in [3.05, 3.63) is 34.6 Å². The fourth-order valence-electron chi connectivity index (χ4n) is 3.63. The fourth-order valence-corrected chi connectivity index (χ4v) is 4.70. The molecule has 0 spiro atoms. The Kier molecular flexibility index (Phi) is 4.37. The van der Waals surface area contributed by atoms with Crippen LogP contribution in [-0.2, 0) is 21.2 Å². The Balaban J connectivity index is 1.66. The quantitative estimate of drug-likeness (QED) is 0.886. The van der Waals surface area contributed by atoms with Gasteiger partial charge in [0.05, 0.1) is 12.7 Å². The van der Waals surface area contributed by atoms with Crippen LogP contribution in [-0.4, -0.2) is 44.1 Å². The zero-order chi connectivity index (χ0) is 16.8. The van der Waals surface area contributed by atoms with Crippen molar-refractivity contribution in [2.75, 3.05) is 12.8 Å². The number of carbonyl (C=O) groups excluding carboxylic acids is 1. The molecule has 1 amide bonds. The molecule has 2 bridgehead atoms. The Labute approximate surface area is 139 Å². The smallest absolute Gasteiger partial charge is 0.227 e. The molecule has 5 nitrogen and oxygen atoms in total. The zero-order valence-electron chi connectivity index (χ0n) is 12.6. The summed E-state index contributed by atoms with van der Waals surface area (Å²) in [7, 11) is -3.25. The van der Waals surface area contributed by atoms with Gasteiger partial charge in [-0.25, -0.2) is 17.5 Å². The maximum atomic E-state index is 13.8. The number of likely N-dealkylation sites (tertiary alicyclic amines) is 1. The van der Waals surface area contributed by atoms with Crippen molar-refractivity contribution in [2.24, 2.45) is 5.92 Å². The third-order valence-electron chi connectivity index (χ3n) is 4.62. The minimum absolute atomic E-state index is 0.0114. The second kappa shape index (κ2) is 6.03. The Hall–Kier alpha value is -1.18. The van der Waals surface area contributed by atoms with Gasteiger partial charge in [-0.2, -0.15) is 0 Å². The number of carbonyl (C=O) groups is 1. The van der Waals surface area contributed by atoms with Crippen LogP contribution in [0.5, 0.6) is 0 Å². The standard InChI is InChI=1S/C15H18ClFN2O3S/c1-23(21,22)18-14-6-10-5-9(14)8-19(10)15(20)7-11-12(16)3-2-4-13(11)17/h2-4,9-10,14,18H,5-8H2,1H3. The molecule has 3 rings (SSSR count). The van der Waals surface area contributed by atoms with Gasteiger partial charge in [-0.15, -0.1) is 0 Å². The summed E-state index contributed by atoms with van der Waals surface area (Å²) in [5, 5.41) is 0.249. The molecule has 8 heteroatoms. The van der Waals surface area contributed by atoms with E-state index in [-0.39, 0.29) is 40.9 Å². The molecule has 1 N–H and O–H groups in total. The summed E-state index contributed by atoms with van der Waals surface area (Å²) in [5.41, 5.74) is 0.216. The summed E-state index contributed by atoms with van der Waals surface area (Å²) in [6, 6.07) is 4.25. The van der Waals surface area contributed by atoms with Crippen LogP contribution in [0.1, 0.15) is 18.4 Å². The largest absolute Gasteiger partial charge is 0.339 e. The van der Waals surface area contributed by atoms with Gasteiger partial charge in [-0.1, -0.05) is 17.7 Å². The van der Waals surface area contributed by atoms with Crippen LogP contribution in [0.4, 0.5) is 4.39 Å². The van der Waals surface area contributed by atoms with E-state index in [1.165, 1.54) is 12.1 Å². The van der Waals surface area contributed by atoms with Gasteiger partial charge < -0.3 is 4.90 Å². The Morgan fingerprint density at radius 2 is 2.17 bits per heavy atom. The van der Waals surface area contributed by atoms with Crippen molar-refractivity contribution < 1.29 is 17.6 Å². The minimum atomic E-state index is -3.25. The lowest BCUT2D eigenvalue weighted by Gasteiger charge is -2.31. The minimum Gasteiger partial charge on any atom is -0.339 e. The number of benzene rings is 1. The van der Waals surface area contributed by atoms with Crippen LogP contribution >= 0.6 is 11.6 Å². The molecule has 1 aromatic carbocycles. The first kappa shape index (κ1) is 16.7. The SMILES string of the molecule is CS(=O)(=O)NC1CC2CC1CN2C(=O)Cc1c(F)cccc1Cl. The fraction of sp³-hybridized carbons (Fsp3) is 0.533. The molecule has 1 aliphatic heterocycles. The second-order valence-electron chi connectivity index (χ2n) is 6.30. The van der Waals surface area contributed by atoms with Crippen LogP contribution in [0, 0.1) is 11.7 Å². The monoisotopic (exact) mass is 360 g/mol. The van der Waals surface area contributed by atoms with E-state index in [1.807, 2.05) is 0 Å². The zero-order valence-corrected chi connectivity index (χ0v) is 14.2. The number of nitrogens with zero attached hydrogens (tertiary/aromatic N) is 1. The van der Waals surface area contributed by atoms with E-state index in [2.05, 4.69) is 4.72 Å². The summed E-state index contributed by atoms with van der Waals surface area (Å²) in [4.78, 5) is 14.2. The Morgan fingerprint density at radius 1 is 1.43 bits per heavy atom. The molecule has 2 aliphatic rings. The average molecular weight is 361 g/mol. The van der Waals surface area contributed by atoms with Gasteiger partial charge in [0.15, 0.2) is 0 Å². The first-order valence-electron chi connectivity index (χ1n) is 7.44. The van der Waals surface area contributed by atoms with E-state index in [0.717, 1.165) is 12.7 Å². The van der Waals surface area contributed by atoms with E-state index in [0.29, 0.717) is 13.0 Å². The van der Waals surface area contributed by atoms with Gasteiger partial charge >= 0.3 is 0 Å². The predicted molar refractivity (Wildman–Crippen MR) is 85.1 cm³/mol. The highest BCUT2D eigenvalue weighted by Crippen LogP contribution is 2.38. The highest BCUT2D eigenvalue weighted by molar-refractivity contribution is 7.88. The third-order valence-corrected chi connectivity index (χ3v) is 5.70. The maximum Gasteiger partial charge on any atom is 0.227 e. The molecule has 3 unspecified atom stereocenters. The third kappa shape index (κ3) is 3.51. The summed E-state index contributed by atoms with van der Waals surface area (Å²) >= 11 is 5.97. The van der Waals surface area contributed by atoms with E-state index < -0.39 is 15.8 Å². The summed E-state index contributed by atoms with van der Waals surface area (Å²) in [5.74, 6) is -0.524. The number of hydrogen-bond donors (Lipinski definition) is 1. The molecule has 1 saturated heterocycles. The van der Waals surface area contributed by atoms with Crippen molar-refractivity contribution in [1.29, 1.82) is 0 Å². The molecule has 1 aliphatic carbocycles. The van der Waals surface area contributed by atoms with E-state index in [4.69, 9.17) is 11.6 Å². The van der Waals surface area contributed by atoms with Crippen LogP contribution in [0.2, 0.25) is 5.02 Å². The lowest BCUT2D eigenvalue weighted by Crippen LogP contribution is -2.47. The Bertz CT molecular complexity index is 720. The van der Waals surface area contributed by atoms with Crippen molar-refractivity contribution in [2.45, 2.75) is 31.3 Å². The van der Waals surface area contributed by atoms with E-state index in [9.17, 15) is 17.6 Å². The number of nitrogens with one attached hydrogen (secondary N) is 1. The van der Waals surface area contributed by atoms with Crippen molar-refractivity contribution in [1.82, 2.24) is 9.62 Å². The lowest BCUT2D eigenvalue weighted by molar-refractivity contribution is -0.132. The highest BCUT2D eigenvalue weighted by atomic mass is 35.5. The molecule has 126 valence electrons. The number of rotatable bonds is 4. The van der Waals surface area contributed by atoms with Crippen LogP contribution in [0.25, 0.3) is 0 Å². The molecule has 23 heavy (non-hydrogen) atoms. The van der Waals surface area contributed by atoms with E-state index >= 15 is 0 Å². The van der Waals surface area contributed by atoms with Crippen LogP contribution < -0.4 is 4.72 Å². The van der Waals surface area contributed by atoms with Gasteiger partial charge in [0.1, 0.15) is 5.82 Å². The normalized spacial score (nSPS) is 26.7. The topological polar surface area (TPSA) is 66.5 Å². The predicted octanol–water partition coefficient (Wildman–Crippen LogP) is 1.56. The van der Waals surface area contributed by atoms with Gasteiger partial charge in [0.25, 0.3) is 0 Å². The highest BCUT2D eigenvalue weighted by Gasteiger charge is 2.47. The molecule has 1 aromatic rings. The van der Waals surface area contributed by atoms with Crippen molar-refractivity contribution >= 4 is 27.5 Å². The molecular formula is C15H18ClFN2O3S. The average Bonchev–Trinajstić information content (AvgIpc) is 3.00. The molecule has 0 aromatic heterocycles. The van der Waals surface area contributed by atoms with Gasteiger partial charge in [-0.05, 0) is 30.9 Å². The number of fused-ring (bicyclic) bond motifs is 2. The van der Waals surface area contributed by atoms with Gasteiger partial charge in [0.2, 0.25) is 15.9 Å². The molecule has 1 heterocycles. The van der Waals surface area contributed by atoms with Crippen LogP contribution in [0.3, 0.4) is 0 Å². The van der Waals surface area contributed by atoms with E-state index in [1.54, 1.807) is 11.0 Å². The molecule has 0 radical (unpaired) electrons. The van der Waals surface area contributed by atoms with Crippen LogP contribution in [0.15, 0.2) is 18.2 Å². The molecule has 1 saturated carbocycles. The first-order chi connectivity index (χ1) is 10.7. The number of piperidine rings is 1. The molecular weight excluding hydrogens is 343 g/mol. The van der Waals surface area contributed by atoms with Crippen molar-refractivity contribution in [3.8, 4) is 0 Å². The van der Waals surface area contributed by atoms with Crippen molar-refractivity contribution in [3.63, 3.8) is 0 Å². The molecule has 3 atom stereocenters. The first-order valence-corrected chi connectivity index (χ1v) is 9.71. The van der Waals surface area contributed by atoms with Gasteiger partial charge in [-0.3, -0.25) is 4.79 Å². The summed E-state index contributed by atoms with van der Waals surface area (Å²) in [6.45, 7) is 0.503. The molecule has 2 fully saturated rings. The number of hydrogen-bond acceptors (Lipinski definition) is 3. The second-order valence-corrected chi connectivity index (χ2v) is 8.49. The Morgan fingerprint density at radius 3 is 2.74 bits per heavy atom. The summed E-state index contributed by atoms with van der Waals surface area (Å²) in [6.07, 6.45) is 2.46. The maximum absolute atomic E-state index is 13.8. The lowest BCUT2D eigenvalue weighted by atomic mass is 10.0. The number of sulfonamides is 1.